The summed E-state index contributed by atoms with van der Waals surface area (Å²) in [4.78, 5) is 173. The fourth-order valence-electron chi connectivity index (χ4n) is 10.9. The maximum absolute atomic E-state index is 13.6. The molecular weight excluding hydrogens is 2110 g/mol. The molecule has 47 heteroatoms. The summed E-state index contributed by atoms with van der Waals surface area (Å²) in [5.41, 5.74) is 17.6. The number of carbonyl (C=O) groups is 11. The summed E-state index contributed by atoms with van der Waals surface area (Å²) in [6.07, 6.45) is 0.932. The number of hydrogen-bond acceptors (Lipinski definition) is 33. The van der Waals surface area contributed by atoms with Crippen molar-refractivity contribution in [3.8, 4) is 5.69 Å². The number of aromatic nitrogens is 7. The summed E-state index contributed by atoms with van der Waals surface area (Å²) in [6.45, 7) is 19.0. The average molecular weight is 2230 g/mol. The van der Waals surface area contributed by atoms with Gasteiger partial charge in [-0.05, 0) is 205 Å². The number of Topliss-reactive ketones (excluding diaryl/α,β-unsaturated/α-hetero) is 2. The molecule has 13 aromatic rings. The molecule has 0 fully saturated rings. The van der Waals surface area contributed by atoms with Crippen LogP contribution in [0.5, 0.6) is 0 Å². The number of hydrogen-bond donors (Lipinski definition) is 9. The summed E-state index contributed by atoms with van der Waals surface area (Å²) < 4.78 is 37.1. The molecule has 7 aromatic heterocycles. The van der Waals surface area contributed by atoms with Gasteiger partial charge in [0.2, 0.25) is 5.95 Å². The van der Waals surface area contributed by atoms with E-state index in [1.165, 1.54) is 42.9 Å². The van der Waals surface area contributed by atoms with Gasteiger partial charge >= 0.3 is 210 Å². The normalized spacial score (nSPS) is 9.14. The Labute approximate surface area is 1010 Å². The van der Waals surface area contributed by atoms with Crippen molar-refractivity contribution >= 4 is 207 Å². The molecule has 0 saturated carbocycles. The number of benzene rings is 6. The second kappa shape index (κ2) is 85.1. The van der Waals surface area contributed by atoms with Gasteiger partial charge in [0.1, 0.15) is 33.9 Å². The van der Waals surface area contributed by atoms with Crippen LogP contribution in [0.3, 0.4) is 0 Å². The van der Waals surface area contributed by atoms with Gasteiger partial charge in [-0.3, -0.25) is 47.9 Å². The van der Waals surface area contributed by atoms with Crippen molar-refractivity contribution in [1.82, 2.24) is 45.0 Å². The molecule has 148 heavy (non-hydrogen) atoms. The smallest absolute Gasteiger partial charge is 1.00 e. The van der Waals surface area contributed by atoms with E-state index in [1.807, 2.05) is 167 Å². The topological polar surface area (TPSA) is 499 Å². The Balaban J connectivity index is -0.000000256. The fourth-order valence-corrected chi connectivity index (χ4v) is 11.3. The molecule has 0 atom stereocenters. The van der Waals surface area contributed by atoms with Gasteiger partial charge in [0, 0.05) is 90.8 Å². The number of para-hydroxylation sites is 6. The van der Waals surface area contributed by atoms with Gasteiger partial charge in [0.25, 0.3) is 12.4 Å². The Kier molecular flexibility index (Phi) is 83.9. The maximum Gasteiger partial charge on any atom is 2.00 e. The van der Waals surface area contributed by atoms with Crippen LogP contribution in [0.4, 0.5) is 56.1 Å². The predicted octanol–water partition coefficient (Wildman–Crippen LogP) is 5.97. The summed E-state index contributed by atoms with van der Waals surface area (Å²) in [5, 5.41) is 35.7. The van der Waals surface area contributed by atoms with E-state index in [0.717, 1.165) is 65.0 Å². The number of nitrogens with zero attached hydrogens (tertiary/aromatic N) is 10. The number of halogens is 4. The monoisotopic (exact) mass is 2230 g/mol. The molecule has 0 saturated heterocycles. The minimum Gasteiger partial charge on any atom is -1.00 e. The molecule has 769 valence electrons. The molecule has 8 N–H and O–H groups in total. The Morgan fingerprint density at radius 2 is 0.919 bits per heavy atom. The Bertz CT molecular complexity index is 6330. The van der Waals surface area contributed by atoms with E-state index in [4.69, 9.17) is 48.5 Å². The molecule has 0 aliphatic rings. The van der Waals surface area contributed by atoms with Crippen LogP contribution in [0.15, 0.2) is 264 Å². The van der Waals surface area contributed by atoms with Crippen molar-refractivity contribution in [1.29, 1.82) is 0 Å². The number of aromatic carboxylic acids is 2. The summed E-state index contributed by atoms with van der Waals surface area (Å²) in [5.74, 6) is -5.11. The number of anilines is 9. The molecule has 0 bridgehead atoms. The van der Waals surface area contributed by atoms with E-state index in [9.17, 15) is 57.1 Å². The summed E-state index contributed by atoms with van der Waals surface area (Å²) >= 11 is 16.8. The number of nitrogens with two attached hydrogens (primary N) is 1. The van der Waals surface area contributed by atoms with E-state index in [1.54, 1.807) is 146 Å². The molecule has 7 heterocycles. The number of hydroxylamine groups is 3. The number of fused-ring (bicyclic) bond motifs is 1. The van der Waals surface area contributed by atoms with Crippen LogP contribution in [0, 0.1) is 54.4 Å². The number of nitrogens with one attached hydrogen (secondary N) is 4. The van der Waals surface area contributed by atoms with Crippen molar-refractivity contribution in [2.45, 2.75) is 82.6 Å². The molecule has 0 unspecified atom stereocenters. The van der Waals surface area contributed by atoms with Crippen LogP contribution in [-0.4, -0.2) is 201 Å². The molecule has 36 nitrogen and oxygen atoms in total. The zero-order valence-electron chi connectivity index (χ0n) is 87.5. The van der Waals surface area contributed by atoms with Gasteiger partial charge < -0.3 is 87.8 Å². The number of ether oxygens (including phenoxy) is 3. The van der Waals surface area contributed by atoms with Gasteiger partial charge in [-0.15, -0.1) is 0 Å². The third kappa shape index (κ3) is 53.7. The van der Waals surface area contributed by atoms with E-state index in [2.05, 4.69) is 126 Å². The number of ketones is 2. The minimum atomic E-state index is -1.09. The third-order valence-electron chi connectivity index (χ3n) is 17.5. The Morgan fingerprint density at radius 3 is 1.26 bits per heavy atom. The van der Waals surface area contributed by atoms with Crippen molar-refractivity contribution in [2.24, 2.45) is 4.30 Å². The first-order chi connectivity index (χ1) is 68.4. The number of nitrogen functional groups attached to an aromatic ring is 1. The van der Waals surface area contributed by atoms with Crippen LogP contribution in [-0.2, 0) is 52.7 Å². The van der Waals surface area contributed by atoms with Gasteiger partial charge in [0.05, 0.1) is 68.9 Å². The van der Waals surface area contributed by atoms with Crippen molar-refractivity contribution < 1.29 is 244 Å². The molecule has 6 aromatic carbocycles. The number of carboxylic acid groups (broad SMARTS) is 2. The number of carbonyl (C=O) groups excluding carboxylic acids is 9. The SMILES string of the molecule is C.CCC(=O)c1ccc(C)nc1N(C(=O)C(=O)OC)c1ccccc1.CCC(=O)c1ccc(C)nc1Nc1ccccc1.CNOC.COC(=O)C(=O)Cl.COC(=O)c1c(C)c(=O)c2ccc(F)nc2n1-c1ccccc1.CON(C)C(=O)c1ccc(C)nc1Nc1ccccc1.Cc1ccc(C(=O)O)c(Cl)n1.Cc1ccc(C(=O)O)c(Nc2ccccc2)n1.Nc1ccccc1.O=CO[O-].[2H]CS.[B]=NS.[Br-].[CH2-]C.[H-].[H-].[K+].[K+].[Li+].[Mg+2]. The maximum atomic E-state index is 13.6. The number of amides is 2. The minimum absolute atomic E-state index is 0. The first kappa shape index (κ1) is 146. The zero-order valence-corrected chi connectivity index (χ0v) is 97.1. The Hall–Kier alpha value is -10.6. The molecular formula is C101H116BBrCl2FK2LiMgN15O21S2. The van der Waals surface area contributed by atoms with Crippen LogP contribution < -0.4 is 181 Å². The molecule has 2 amide bonds. The van der Waals surface area contributed by atoms with E-state index >= 15 is 0 Å². The van der Waals surface area contributed by atoms with Crippen LogP contribution >= 0.6 is 48.6 Å². The number of carboxylic acids is 2. The van der Waals surface area contributed by atoms with E-state index in [-0.39, 0.29) is 264 Å². The number of aryl methyl sites for hydroxylation is 5. The van der Waals surface area contributed by atoms with Crippen LogP contribution in [0.1, 0.15) is 142 Å². The molecule has 0 aliphatic carbocycles. The zero-order chi connectivity index (χ0) is 108. The van der Waals surface area contributed by atoms with Crippen LogP contribution in [0.25, 0.3) is 16.7 Å². The quantitative estimate of drug-likeness (QED) is 0.00319. The Morgan fingerprint density at radius 1 is 0.574 bits per heavy atom. The van der Waals surface area contributed by atoms with Crippen LogP contribution in [0.2, 0.25) is 5.15 Å². The second-order valence-corrected chi connectivity index (χ2v) is 28.0. The van der Waals surface area contributed by atoms with Gasteiger partial charge in [0.15, 0.2) is 28.5 Å². The van der Waals surface area contributed by atoms with Gasteiger partial charge in [-0.1, -0.05) is 142 Å². The van der Waals surface area contributed by atoms with Crippen molar-refractivity contribution in [3.63, 3.8) is 0 Å². The third-order valence-corrected chi connectivity index (χ3v) is 17.9. The van der Waals surface area contributed by atoms with E-state index < -0.39 is 46.9 Å². The summed E-state index contributed by atoms with van der Waals surface area (Å²) in [7, 11) is 14.1. The first-order valence-corrected chi connectivity index (χ1v) is 43.5. The number of pyridine rings is 7. The predicted molar refractivity (Wildman–Crippen MR) is 565 cm³/mol. The standard InChI is InChI=1S/C18H18N2O4.C17H13FN2O3.C15H17N3O2.C15H16N2O.C13H12N2O2.C7H6ClNO2.C6H7N.C3H3ClO3.C2H7NO.C2H5.CH2O3.CH4S.CH4.BHNS.BrH.2K.Li.Mg.2H/c1-4-15(21)14-11-10-12(2)19-16(14)20(17(22)18(23)24-3)13-8-6-5-7-9-13;1-10-14(17(22)23-2)20(11-6-4-3-5-7-11)16-12(15(10)21)8-9-13(18)19-16;1-11-9-10-13(15(19)18(2)20-3)14(16-11)17-12-7-5-4-6-8-12;1-3-14(18)13-10-9-11(2)16-15(13)17-12-7-5-4-6-8-12;1-9-7-8-11(13(16)17)12(14-9)15-10-5-3-2-4-6-10;1-4-2-3-5(7(10)11)6(8)9-4;7-6-4-2-1-3-5-6;1-7-3(6)2(4)5;1-3-4-2;1-2;2-1-4-3;1-2;;1-2-3;;;;;;;/h5-11H,4H2,1-3H3;3-9H,1-2H3;4-10H,1-3H3,(H,16,17);4-10H,3H2,1-2H3,(H,16,17);2-8H,1H3,(H,14,15)(H,16,17);2-3H,1H3,(H,10,11);1-5H,7H2;1H3;3H,1-2H3;1H2,2H3;1,3H;2H,1H3;1H4;3H;1H;;;;;;/q;;;;;;;;;-1;;;;;;3*+1;+2;2*-1/p-2/i;;;;;;;;;;;1D;;;;;;;;;. The number of thiol groups is 2. The van der Waals surface area contributed by atoms with Crippen molar-refractivity contribution in [3.05, 3.63) is 351 Å². The largest absolute Gasteiger partial charge is 2.00 e. The average Bonchev–Trinajstić information content (AvgIpc) is 0.745. The molecule has 1 radical (unpaired) electrons. The molecule has 0 spiro atoms. The fraction of sp³-hybridized carbons (Fsp3) is 0.198. The second-order valence-electron chi connectivity index (χ2n) is 27.1. The number of esters is 3. The van der Waals surface area contributed by atoms with Gasteiger partial charge in [-0.2, -0.15) is 23.9 Å². The number of methoxy groups -OCH3 is 3. The van der Waals surface area contributed by atoms with E-state index in [0.29, 0.717) is 57.8 Å². The van der Waals surface area contributed by atoms with Crippen molar-refractivity contribution in [2.75, 3.05) is 82.5 Å². The number of rotatable bonds is 21. The van der Waals surface area contributed by atoms with Gasteiger partial charge in [-0.25, -0.2) is 64.4 Å². The molecule has 0 aliphatic heterocycles. The summed E-state index contributed by atoms with van der Waals surface area (Å²) in [6, 6.07) is 74.9. The first-order valence-electron chi connectivity index (χ1n) is 42.4. The molecule has 13 rings (SSSR count).